The molecular weight excluding hydrogens is 960 g/mol. The summed E-state index contributed by atoms with van der Waals surface area (Å²) in [4.78, 5) is 81.2. The van der Waals surface area contributed by atoms with E-state index >= 15 is 0 Å². The first-order valence-corrected chi connectivity index (χ1v) is 23.2. The van der Waals surface area contributed by atoms with Crippen LogP contribution in [0.3, 0.4) is 0 Å². The number of epoxide rings is 1. The number of likely N-dealkylation sites (N-methyl/N-ethyl adjacent to an activating group) is 1. The van der Waals surface area contributed by atoms with Crippen LogP contribution in [0.5, 0.6) is 11.5 Å². The van der Waals surface area contributed by atoms with Gasteiger partial charge in [0.05, 0.1) is 37.5 Å². The van der Waals surface area contributed by atoms with Crippen molar-refractivity contribution in [1.82, 2.24) is 15.5 Å². The number of carbonyl (C=O) groups is 6. The number of allylic oxidation sites excluding steroid dienone is 3. The zero-order valence-electron chi connectivity index (χ0n) is 39.1. The number of aliphatic hydroxyl groups is 1. The molecule has 0 aliphatic carbocycles. The highest BCUT2D eigenvalue weighted by molar-refractivity contribution is 7.99. The molecule has 23 heteroatoms. The van der Waals surface area contributed by atoms with E-state index < -0.39 is 125 Å². The third kappa shape index (κ3) is 13.1. The number of rotatable bonds is 14. The van der Waals surface area contributed by atoms with Crippen molar-refractivity contribution in [3.05, 3.63) is 75.9 Å². The number of esters is 2. The van der Waals surface area contributed by atoms with Crippen LogP contribution >= 0.6 is 23.4 Å². The summed E-state index contributed by atoms with van der Waals surface area (Å²) < 4.78 is 88.0. The molecule has 1 unspecified atom stereocenters. The van der Waals surface area contributed by atoms with Gasteiger partial charge in [-0.05, 0) is 44.9 Å². The van der Waals surface area contributed by atoms with Crippen LogP contribution in [0.15, 0.2) is 42.0 Å². The van der Waals surface area contributed by atoms with Crippen LogP contribution in [0, 0.1) is 29.2 Å². The van der Waals surface area contributed by atoms with Gasteiger partial charge in [0.2, 0.25) is 35.1 Å². The molecule has 0 radical (unpaired) electrons. The van der Waals surface area contributed by atoms with Crippen LogP contribution in [0.4, 0.5) is 28.0 Å². The number of nitrogens with one attached hydrogen (secondary N) is 2. The van der Waals surface area contributed by atoms with Crippen molar-refractivity contribution in [1.29, 1.82) is 0 Å². The largest absolute Gasteiger partial charge is 0.495 e. The number of amides is 4. The fourth-order valence-electron chi connectivity index (χ4n) is 7.88. The lowest BCUT2D eigenvalue weighted by Crippen LogP contribution is -2.63. The minimum Gasteiger partial charge on any atom is -0.495 e. The van der Waals surface area contributed by atoms with Crippen molar-refractivity contribution in [3.8, 4) is 11.5 Å². The molecule has 4 amide bonds. The summed E-state index contributed by atoms with van der Waals surface area (Å²) in [5.41, 5.74) is -1.32. The molecule has 3 heterocycles. The quantitative estimate of drug-likeness (QED) is 0.0548. The van der Waals surface area contributed by atoms with E-state index in [9.17, 15) is 51.4 Å². The topological polar surface area (TPSA) is 212 Å². The highest BCUT2D eigenvalue weighted by atomic mass is 35.5. The molecule has 0 saturated carbocycles. The number of hydrogen-bond donors (Lipinski definition) is 3. The van der Waals surface area contributed by atoms with Crippen molar-refractivity contribution >= 4 is 64.8 Å². The smallest absolute Gasteiger partial charge is 0.409 e. The molecule has 2 saturated heterocycles. The molecule has 378 valence electrons. The molecule has 4 bridgehead atoms. The number of anilines is 1. The Kier molecular flexibility index (Phi) is 18.2. The number of benzene rings is 2. The van der Waals surface area contributed by atoms with E-state index in [1.54, 1.807) is 38.1 Å². The maximum atomic E-state index is 14.3. The summed E-state index contributed by atoms with van der Waals surface area (Å²) in [6, 6.07) is 2.24. The van der Waals surface area contributed by atoms with Gasteiger partial charge in [0.15, 0.2) is 17.4 Å². The van der Waals surface area contributed by atoms with Gasteiger partial charge in [0, 0.05) is 58.3 Å². The monoisotopic (exact) mass is 1010 g/mol. The Bertz CT molecular complexity index is 2350. The van der Waals surface area contributed by atoms with Gasteiger partial charge >= 0.3 is 18.0 Å². The molecule has 3 aliphatic heterocycles. The van der Waals surface area contributed by atoms with Gasteiger partial charge in [0.1, 0.15) is 40.7 Å². The van der Waals surface area contributed by atoms with Crippen molar-refractivity contribution in [3.63, 3.8) is 0 Å². The lowest BCUT2D eigenvalue weighted by Gasteiger charge is -2.42. The molecule has 8 atom stereocenters. The molecule has 0 spiro atoms. The number of carbonyl (C=O) groups excluding carboxylic acids is 6. The van der Waals surface area contributed by atoms with Crippen LogP contribution in [-0.4, -0.2) is 134 Å². The van der Waals surface area contributed by atoms with Crippen molar-refractivity contribution < 1.29 is 79.9 Å². The highest BCUT2D eigenvalue weighted by Crippen LogP contribution is 2.49. The van der Waals surface area contributed by atoms with E-state index in [0.717, 1.165) is 27.8 Å². The number of methoxy groups -OCH3 is 2. The average Bonchev–Trinajstić information content (AvgIpc) is 4.00. The Morgan fingerprint density at radius 2 is 1.78 bits per heavy atom. The first-order valence-electron chi connectivity index (χ1n) is 21.7. The molecule has 3 aliphatic rings. The summed E-state index contributed by atoms with van der Waals surface area (Å²) >= 11 is 7.81. The number of halogens is 5. The third-order valence-corrected chi connectivity index (χ3v) is 13.5. The highest BCUT2D eigenvalue weighted by Gasteiger charge is 2.64. The lowest BCUT2D eigenvalue weighted by molar-refractivity contribution is -0.162. The van der Waals surface area contributed by atoms with Crippen LogP contribution in [0.2, 0.25) is 5.02 Å². The predicted octanol–water partition coefficient (Wildman–Crippen LogP) is 5.31. The predicted molar refractivity (Wildman–Crippen MR) is 242 cm³/mol. The zero-order chi connectivity index (χ0) is 51.1. The van der Waals surface area contributed by atoms with E-state index in [1.807, 2.05) is 13.0 Å². The first-order chi connectivity index (χ1) is 32.4. The number of thioether (sulfide) groups is 1. The second-order valence-electron chi connectivity index (χ2n) is 17.1. The van der Waals surface area contributed by atoms with E-state index in [2.05, 4.69) is 15.4 Å². The minimum absolute atomic E-state index is 0.0422. The second kappa shape index (κ2) is 23.0. The first kappa shape index (κ1) is 54.5. The van der Waals surface area contributed by atoms with Gasteiger partial charge in [-0.2, -0.15) is 20.5 Å². The maximum absolute atomic E-state index is 14.3. The molecule has 2 aromatic carbocycles. The Labute approximate surface area is 405 Å². The normalized spacial score (nSPS) is 26.5. The van der Waals surface area contributed by atoms with Crippen molar-refractivity contribution in [2.45, 2.75) is 102 Å². The zero-order valence-corrected chi connectivity index (χ0v) is 40.7. The fraction of sp³-hybridized carbons (Fsp3) is 0.522. The number of hydrogen-bond acceptors (Lipinski definition) is 14. The Balaban J connectivity index is 1.25. The number of ether oxygens (including phenoxy) is 6. The van der Waals surface area contributed by atoms with E-state index in [0.29, 0.717) is 17.9 Å². The molecule has 5 rings (SSSR count). The fourth-order valence-corrected chi connectivity index (χ4v) is 8.94. The van der Waals surface area contributed by atoms with Gasteiger partial charge in [0.25, 0.3) is 0 Å². The molecule has 69 heavy (non-hydrogen) atoms. The molecule has 17 nitrogen and oxygen atoms in total. The molecule has 0 aromatic heterocycles. The summed E-state index contributed by atoms with van der Waals surface area (Å²) in [5.74, 6) is -13.0. The summed E-state index contributed by atoms with van der Waals surface area (Å²) in [7, 11) is 5.71. The molecule has 2 aromatic rings. The van der Waals surface area contributed by atoms with Gasteiger partial charge in [-0.25, -0.2) is 18.4 Å². The summed E-state index contributed by atoms with van der Waals surface area (Å²) in [6.07, 6.45) is -0.660. The molecule has 2 fully saturated rings. The van der Waals surface area contributed by atoms with E-state index in [1.165, 1.54) is 40.1 Å². The average molecular weight is 1020 g/mol. The van der Waals surface area contributed by atoms with Crippen LogP contribution < -0.4 is 25.0 Å². The molecule has 3 N–H and O–H groups in total. The Morgan fingerprint density at radius 3 is 2.43 bits per heavy atom. The van der Waals surface area contributed by atoms with Gasteiger partial charge < -0.3 is 48.6 Å². The van der Waals surface area contributed by atoms with Gasteiger partial charge in [-0.1, -0.05) is 42.3 Å². The minimum atomic E-state index is -1.90. The number of fused-ring (bicyclic) bond motifs is 5. The maximum Gasteiger partial charge on any atom is 0.409 e. The van der Waals surface area contributed by atoms with Crippen molar-refractivity contribution in [2.24, 2.45) is 5.92 Å². The van der Waals surface area contributed by atoms with Crippen molar-refractivity contribution in [2.75, 3.05) is 51.3 Å². The van der Waals surface area contributed by atoms with Gasteiger partial charge in [-0.15, -0.1) is 0 Å². The number of alkyl carbamates (subject to hydrolysis) is 1. The number of nitrogens with zero attached hydrogens (tertiary/aromatic N) is 2. The van der Waals surface area contributed by atoms with E-state index in [4.69, 9.17) is 35.3 Å². The second-order valence-corrected chi connectivity index (χ2v) is 18.6. The lowest BCUT2D eigenvalue weighted by atomic mass is 9.83. The Hall–Kier alpha value is -5.42. The Morgan fingerprint density at radius 1 is 1.10 bits per heavy atom. The van der Waals surface area contributed by atoms with Gasteiger partial charge in [-0.3, -0.25) is 24.5 Å². The molecular formula is C46H55ClF4N4O13S. The van der Waals surface area contributed by atoms with E-state index in [-0.39, 0.29) is 42.0 Å². The van der Waals surface area contributed by atoms with Crippen LogP contribution in [0.1, 0.15) is 58.9 Å². The standard InChI is InChI=1S/C46H55ClF4N4O13S/c1-23-10-9-11-32(64-8)46(62)21-31(65-44(61)53-46)24(2)42-45(4,68-42)33(20-36(58)55(6)29-17-26(16-23)18-30(63-7)38(29)47)66-43(60)25(3)54(5)35(57)13-15-69-22-34(56)52-14-12-37(59)67-41-39(50)27(48)19-28(49)40(41)51/h9-11,17-19,24-25,31-33,42,62H,12-16,20-22H2,1-8H3,(H,52,56)(H,53,61)/b11-9+,23-10+/t24-,25+,31+,32-,33?,42+,45+,46+/m1/s1. The summed E-state index contributed by atoms with van der Waals surface area (Å²) in [6.45, 7) is 6.33. The van der Waals surface area contributed by atoms with Crippen LogP contribution in [-0.2, 0) is 49.3 Å². The summed E-state index contributed by atoms with van der Waals surface area (Å²) in [5, 5.41) is 16.8. The third-order valence-electron chi connectivity index (χ3n) is 12.2. The van der Waals surface area contributed by atoms with Crippen LogP contribution in [0.25, 0.3) is 0 Å². The SMILES string of the molecule is COc1cc2cc(c1Cl)N(C)C(=O)CC(OC(=O)[C@H](C)N(C)C(=O)CCSCC(=O)NCCC(=O)Oc1c(F)c(F)cc(F)c1F)[C@]1(C)O[C@H]1[C@H](C)[C@@H]1C[C@@](O)(NC(=O)O1)[C@H](OC)/C=C/C=C(\C)C2.